The van der Waals surface area contributed by atoms with Crippen LogP contribution in [0.15, 0.2) is 24.3 Å². The number of carbonyl (C=O) groups is 1. The molecule has 2 N–H and O–H groups in total. The second-order valence-electron chi connectivity index (χ2n) is 5.39. The molecule has 1 aromatic rings. The van der Waals surface area contributed by atoms with E-state index in [1.54, 1.807) is 19.2 Å². The molecule has 1 saturated carbocycles. The van der Waals surface area contributed by atoms with Crippen molar-refractivity contribution in [3.05, 3.63) is 29.8 Å². The Bertz CT molecular complexity index is 447. The number of carbonyl (C=O) groups excluding carboxylic acids is 1. The Labute approximate surface area is 120 Å². The molecule has 1 aliphatic carbocycles. The Morgan fingerprint density at radius 2 is 2.15 bits per heavy atom. The van der Waals surface area contributed by atoms with Crippen molar-refractivity contribution in [1.29, 1.82) is 0 Å². The van der Waals surface area contributed by atoms with Crippen LogP contribution in [0.2, 0.25) is 0 Å². The first-order valence-corrected chi connectivity index (χ1v) is 7.30. The third kappa shape index (κ3) is 3.73. The van der Waals surface area contributed by atoms with Crippen molar-refractivity contribution in [2.75, 3.05) is 13.7 Å². The average molecular weight is 277 g/mol. The smallest absolute Gasteiger partial charge is 0.251 e. The lowest BCUT2D eigenvalue weighted by molar-refractivity contribution is 0.0899. The number of aliphatic hydroxyl groups excluding tert-OH is 1. The summed E-state index contributed by atoms with van der Waals surface area (Å²) in [4.78, 5) is 12.3. The van der Waals surface area contributed by atoms with Gasteiger partial charge in [0, 0.05) is 24.1 Å². The van der Waals surface area contributed by atoms with Crippen LogP contribution in [0.3, 0.4) is 0 Å². The summed E-state index contributed by atoms with van der Waals surface area (Å²) in [5.41, 5.74) is 0.602. The monoisotopic (exact) mass is 277 g/mol. The number of hydrogen-bond donors (Lipinski definition) is 2. The van der Waals surface area contributed by atoms with E-state index >= 15 is 0 Å². The van der Waals surface area contributed by atoms with Gasteiger partial charge in [-0.05, 0) is 31.0 Å². The molecule has 2 atom stereocenters. The standard InChI is InChI=1S/C16H23NO3/c1-20-14-8-5-7-12(10-14)16(19)17-15-9-4-2-3-6-13(15)11-18/h5,7-8,10,13,15,18H,2-4,6,9,11H2,1H3,(H,17,19). The molecule has 0 aromatic heterocycles. The van der Waals surface area contributed by atoms with E-state index in [0.717, 1.165) is 25.7 Å². The number of nitrogens with one attached hydrogen (secondary N) is 1. The average Bonchev–Trinajstić information content (AvgIpc) is 2.72. The van der Waals surface area contributed by atoms with Crippen LogP contribution in [0.25, 0.3) is 0 Å². The first-order valence-electron chi connectivity index (χ1n) is 7.30. The second-order valence-corrected chi connectivity index (χ2v) is 5.39. The fourth-order valence-corrected chi connectivity index (χ4v) is 2.81. The lowest BCUT2D eigenvalue weighted by Gasteiger charge is -2.24. The number of aliphatic hydroxyl groups is 1. The molecular formula is C16H23NO3. The number of hydrogen-bond acceptors (Lipinski definition) is 3. The van der Waals surface area contributed by atoms with E-state index in [4.69, 9.17) is 4.74 Å². The van der Waals surface area contributed by atoms with Crippen molar-refractivity contribution in [3.8, 4) is 5.75 Å². The van der Waals surface area contributed by atoms with Gasteiger partial charge in [0.2, 0.25) is 0 Å². The van der Waals surface area contributed by atoms with Gasteiger partial charge in [-0.1, -0.05) is 25.3 Å². The molecule has 1 amide bonds. The summed E-state index contributed by atoms with van der Waals surface area (Å²) in [5, 5.41) is 12.6. The first-order chi connectivity index (χ1) is 9.74. The zero-order valence-corrected chi connectivity index (χ0v) is 12.0. The maximum absolute atomic E-state index is 12.3. The van der Waals surface area contributed by atoms with Crippen LogP contribution in [0, 0.1) is 5.92 Å². The largest absolute Gasteiger partial charge is 0.497 e. The summed E-state index contributed by atoms with van der Waals surface area (Å²) in [6.07, 6.45) is 5.36. The molecule has 4 heteroatoms. The summed E-state index contributed by atoms with van der Waals surface area (Å²) in [6.45, 7) is 0.142. The Morgan fingerprint density at radius 1 is 1.35 bits per heavy atom. The van der Waals surface area contributed by atoms with E-state index in [-0.39, 0.29) is 24.5 Å². The molecule has 110 valence electrons. The van der Waals surface area contributed by atoms with E-state index in [9.17, 15) is 9.90 Å². The van der Waals surface area contributed by atoms with Gasteiger partial charge >= 0.3 is 0 Å². The van der Waals surface area contributed by atoms with Crippen molar-refractivity contribution < 1.29 is 14.6 Å². The molecule has 1 aromatic carbocycles. The van der Waals surface area contributed by atoms with Crippen molar-refractivity contribution in [2.45, 2.75) is 38.1 Å². The predicted octanol–water partition coefficient (Wildman–Crippen LogP) is 2.37. The quantitative estimate of drug-likeness (QED) is 0.831. The Kier molecular flexibility index (Phi) is 5.41. The zero-order valence-electron chi connectivity index (χ0n) is 12.0. The first kappa shape index (κ1) is 14.9. The highest BCUT2D eigenvalue weighted by atomic mass is 16.5. The summed E-state index contributed by atoms with van der Waals surface area (Å²) in [7, 11) is 1.59. The third-order valence-electron chi connectivity index (χ3n) is 4.04. The van der Waals surface area contributed by atoms with Crippen molar-refractivity contribution in [1.82, 2.24) is 5.32 Å². The van der Waals surface area contributed by atoms with Gasteiger partial charge in [-0.15, -0.1) is 0 Å². The lowest BCUT2D eigenvalue weighted by atomic mass is 9.95. The van der Waals surface area contributed by atoms with Crippen molar-refractivity contribution in [3.63, 3.8) is 0 Å². The van der Waals surface area contributed by atoms with Gasteiger partial charge in [0.05, 0.1) is 7.11 Å². The van der Waals surface area contributed by atoms with Gasteiger partial charge in [0.25, 0.3) is 5.91 Å². The molecule has 0 saturated heterocycles. The van der Waals surface area contributed by atoms with Gasteiger partial charge in [-0.25, -0.2) is 0 Å². The van der Waals surface area contributed by atoms with Gasteiger partial charge in [-0.3, -0.25) is 4.79 Å². The molecule has 0 radical (unpaired) electrons. The van der Waals surface area contributed by atoms with Crippen LogP contribution >= 0.6 is 0 Å². The topological polar surface area (TPSA) is 58.6 Å². The minimum Gasteiger partial charge on any atom is -0.497 e. The highest BCUT2D eigenvalue weighted by Crippen LogP contribution is 2.23. The molecule has 0 aliphatic heterocycles. The van der Waals surface area contributed by atoms with Gasteiger partial charge < -0.3 is 15.2 Å². The zero-order chi connectivity index (χ0) is 14.4. The molecule has 2 unspecified atom stereocenters. The minimum atomic E-state index is -0.0887. The predicted molar refractivity (Wildman–Crippen MR) is 77.9 cm³/mol. The Balaban J connectivity index is 2.04. The molecule has 0 spiro atoms. The van der Waals surface area contributed by atoms with Gasteiger partial charge in [0.1, 0.15) is 5.75 Å². The number of ether oxygens (including phenoxy) is 1. The fourth-order valence-electron chi connectivity index (χ4n) is 2.81. The summed E-state index contributed by atoms with van der Waals surface area (Å²) in [5.74, 6) is 0.763. The normalized spacial score (nSPS) is 22.9. The maximum Gasteiger partial charge on any atom is 0.251 e. The third-order valence-corrected chi connectivity index (χ3v) is 4.04. The van der Waals surface area contributed by atoms with Crippen LogP contribution < -0.4 is 10.1 Å². The van der Waals surface area contributed by atoms with E-state index in [0.29, 0.717) is 11.3 Å². The van der Waals surface area contributed by atoms with Crippen LogP contribution in [-0.4, -0.2) is 30.8 Å². The molecular weight excluding hydrogens is 254 g/mol. The van der Waals surface area contributed by atoms with Crippen molar-refractivity contribution >= 4 is 5.91 Å². The summed E-state index contributed by atoms with van der Waals surface area (Å²) < 4.78 is 5.14. The lowest BCUT2D eigenvalue weighted by Crippen LogP contribution is -2.41. The van der Waals surface area contributed by atoms with Crippen LogP contribution in [0.4, 0.5) is 0 Å². The maximum atomic E-state index is 12.3. The molecule has 20 heavy (non-hydrogen) atoms. The Morgan fingerprint density at radius 3 is 2.90 bits per heavy atom. The minimum absolute atomic E-state index is 0.0706. The molecule has 0 bridgehead atoms. The highest BCUT2D eigenvalue weighted by Gasteiger charge is 2.24. The summed E-state index contributed by atoms with van der Waals surface area (Å²) >= 11 is 0. The fraction of sp³-hybridized carbons (Fsp3) is 0.562. The van der Waals surface area contributed by atoms with E-state index in [2.05, 4.69) is 5.32 Å². The SMILES string of the molecule is COc1cccc(C(=O)NC2CCCCCC2CO)c1. The van der Waals surface area contributed by atoms with Gasteiger partial charge in [-0.2, -0.15) is 0 Å². The molecule has 1 fully saturated rings. The molecule has 0 heterocycles. The van der Waals surface area contributed by atoms with Gasteiger partial charge in [0.15, 0.2) is 0 Å². The molecule has 2 rings (SSSR count). The second kappa shape index (κ2) is 7.29. The highest BCUT2D eigenvalue weighted by molar-refractivity contribution is 5.94. The van der Waals surface area contributed by atoms with Crippen LogP contribution in [-0.2, 0) is 0 Å². The van der Waals surface area contributed by atoms with E-state index < -0.39 is 0 Å². The molecule has 4 nitrogen and oxygen atoms in total. The number of amides is 1. The van der Waals surface area contributed by atoms with Crippen molar-refractivity contribution in [2.24, 2.45) is 5.92 Å². The van der Waals surface area contributed by atoms with Crippen LogP contribution in [0.1, 0.15) is 42.5 Å². The number of benzene rings is 1. The van der Waals surface area contributed by atoms with E-state index in [1.165, 1.54) is 6.42 Å². The number of rotatable bonds is 4. The Hall–Kier alpha value is -1.55. The van der Waals surface area contributed by atoms with Crippen LogP contribution in [0.5, 0.6) is 5.75 Å². The van der Waals surface area contributed by atoms with E-state index in [1.807, 2.05) is 12.1 Å². The summed E-state index contributed by atoms with van der Waals surface area (Å²) in [6, 6.07) is 7.22. The number of methoxy groups -OCH3 is 1. The molecule has 1 aliphatic rings.